The van der Waals surface area contributed by atoms with Crippen LogP contribution < -0.4 is 0 Å². The van der Waals surface area contributed by atoms with E-state index in [1.54, 1.807) is 0 Å². The topological polar surface area (TPSA) is 63.6 Å². The number of carbonyl (C=O) groups is 2. The number of carbonyl (C=O) groups excluding carboxylic acids is 1. The number of carboxylic acids is 1. The maximum absolute atomic E-state index is 12.7. The predicted octanol–water partition coefficient (Wildman–Crippen LogP) is 5.94. The fraction of sp³-hybridized carbons (Fsp3) is 0.917. The number of hydrogen-bond donors (Lipinski definition) is 1. The van der Waals surface area contributed by atoms with Crippen molar-refractivity contribution in [2.24, 2.45) is 40.9 Å². The molecule has 0 amide bonds. The highest BCUT2D eigenvalue weighted by Crippen LogP contribution is 2.52. The highest BCUT2D eigenvalue weighted by molar-refractivity contribution is 5.81. The third-order valence-corrected chi connectivity index (χ3v) is 7.83. The fourth-order valence-electron chi connectivity index (χ4n) is 6.28. The molecule has 0 bridgehead atoms. The molecule has 0 aliphatic heterocycles. The summed E-state index contributed by atoms with van der Waals surface area (Å²) in [5.41, 5.74) is 0.243. The highest BCUT2D eigenvalue weighted by Gasteiger charge is 2.46. The molecule has 0 aromatic rings. The summed E-state index contributed by atoms with van der Waals surface area (Å²) >= 11 is 0. The van der Waals surface area contributed by atoms with Gasteiger partial charge in [0.1, 0.15) is 0 Å². The fourth-order valence-corrected chi connectivity index (χ4v) is 6.28. The van der Waals surface area contributed by atoms with Crippen molar-refractivity contribution < 1.29 is 19.4 Å². The Morgan fingerprint density at radius 3 is 2.29 bits per heavy atom. The number of aliphatic carboxylic acids is 1. The van der Waals surface area contributed by atoms with Gasteiger partial charge in [-0.3, -0.25) is 9.59 Å². The molecule has 0 radical (unpaired) electrons. The Kier molecular flexibility index (Phi) is 8.39. The van der Waals surface area contributed by atoms with Gasteiger partial charge in [-0.2, -0.15) is 0 Å². The number of hydrogen-bond acceptors (Lipinski definition) is 3. The molecule has 0 saturated heterocycles. The lowest BCUT2D eigenvalue weighted by Gasteiger charge is -2.51. The highest BCUT2D eigenvalue weighted by atomic mass is 16.5. The summed E-state index contributed by atoms with van der Waals surface area (Å²) in [5.74, 6) is 0.185. The van der Waals surface area contributed by atoms with Crippen molar-refractivity contribution in [3.8, 4) is 0 Å². The SMILES string of the molecule is CCCCC1C(COC(=O)C2CCCCC2C(=O)O)CCC(C(C)C)C1(C)C. The third-order valence-electron chi connectivity index (χ3n) is 7.83. The van der Waals surface area contributed by atoms with Gasteiger partial charge in [-0.15, -0.1) is 0 Å². The van der Waals surface area contributed by atoms with Gasteiger partial charge >= 0.3 is 11.9 Å². The summed E-state index contributed by atoms with van der Waals surface area (Å²) in [4.78, 5) is 24.2. The summed E-state index contributed by atoms with van der Waals surface area (Å²) in [6.45, 7) is 12.2. The van der Waals surface area contributed by atoms with Crippen LogP contribution in [-0.2, 0) is 14.3 Å². The number of rotatable bonds is 8. The monoisotopic (exact) mass is 394 g/mol. The van der Waals surface area contributed by atoms with Crippen molar-refractivity contribution in [2.45, 2.75) is 92.4 Å². The molecule has 2 rings (SSSR count). The van der Waals surface area contributed by atoms with Crippen LogP contribution in [0.5, 0.6) is 0 Å². The maximum atomic E-state index is 12.7. The predicted molar refractivity (Wildman–Crippen MR) is 112 cm³/mol. The lowest BCUT2D eigenvalue weighted by atomic mass is 9.54. The quantitative estimate of drug-likeness (QED) is 0.518. The maximum Gasteiger partial charge on any atom is 0.309 e. The minimum Gasteiger partial charge on any atom is -0.481 e. The first-order valence-corrected chi connectivity index (χ1v) is 11.6. The average molecular weight is 395 g/mol. The second-order valence-corrected chi connectivity index (χ2v) is 10.2. The Balaban J connectivity index is 2.04. The van der Waals surface area contributed by atoms with Crippen LogP contribution >= 0.6 is 0 Å². The van der Waals surface area contributed by atoms with Crippen LogP contribution in [0.2, 0.25) is 0 Å². The number of ether oxygens (including phenoxy) is 1. The number of carboxylic acid groups (broad SMARTS) is 1. The number of esters is 1. The van der Waals surface area contributed by atoms with E-state index in [2.05, 4.69) is 34.6 Å². The zero-order valence-corrected chi connectivity index (χ0v) is 18.7. The van der Waals surface area contributed by atoms with Crippen molar-refractivity contribution >= 4 is 11.9 Å². The molecule has 5 atom stereocenters. The van der Waals surface area contributed by atoms with E-state index < -0.39 is 17.8 Å². The molecule has 2 aliphatic carbocycles. The van der Waals surface area contributed by atoms with E-state index in [-0.39, 0.29) is 11.4 Å². The third kappa shape index (κ3) is 5.30. The van der Waals surface area contributed by atoms with E-state index in [0.717, 1.165) is 19.3 Å². The lowest BCUT2D eigenvalue weighted by Crippen LogP contribution is -2.45. The van der Waals surface area contributed by atoms with Crippen LogP contribution in [-0.4, -0.2) is 23.7 Å². The standard InChI is InChI=1S/C24H42O4/c1-6-7-12-21-17(13-14-20(16(2)3)24(21,4)5)15-28-23(27)19-11-9-8-10-18(19)22(25)26/h16-21H,6-15H2,1-5H3,(H,25,26). The van der Waals surface area contributed by atoms with Gasteiger partial charge in [0.2, 0.25) is 0 Å². The van der Waals surface area contributed by atoms with Crippen molar-refractivity contribution in [1.82, 2.24) is 0 Å². The molecular weight excluding hydrogens is 352 g/mol. The van der Waals surface area contributed by atoms with Crippen molar-refractivity contribution in [3.63, 3.8) is 0 Å². The largest absolute Gasteiger partial charge is 0.481 e. The van der Waals surface area contributed by atoms with Gasteiger partial charge in [0.05, 0.1) is 18.4 Å². The molecule has 2 fully saturated rings. The molecule has 4 nitrogen and oxygen atoms in total. The van der Waals surface area contributed by atoms with E-state index in [1.165, 1.54) is 25.7 Å². The first-order valence-electron chi connectivity index (χ1n) is 11.6. The van der Waals surface area contributed by atoms with E-state index in [1.807, 2.05) is 0 Å². The van der Waals surface area contributed by atoms with Crippen LogP contribution in [0.3, 0.4) is 0 Å². The zero-order chi connectivity index (χ0) is 20.9. The Bertz CT molecular complexity index is 525. The smallest absolute Gasteiger partial charge is 0.309 e. The first-order chi connectivity index (χ1) is 13.2. The van der Waals surface area contributed by atoms with Gasteiger partial charge in [0, 0.05) is 0 Å². The van der Waals surface area contributed by atoms with Crippen molar-refractivity contribution in [3.05, 3.63) is 0 Å². The lowest BCUT2D eigenvalue weighted by molar-refractivity contribution is -0.162. The molecule has 28 heavy (non-hydrogen) atoms. The van der Waals surface area contributed by atoms with E-state index in [4.69, 9.17) is 4.74 Å². The molecular formula is C24H42O4. The Labute approximate surface area is 171 Å². The second kappa shape index (κ2) is 10.1. The molecule has 2 aliphatic rings. The molecule has 4 heteroatoms. The normalized spacial score (nSPS) is 32.9. The van der Waals surface area contributed by atoms with Gasteiger partial charge in [0.15, 0.2) is 0 Å². The molecule has 5 unspecified atom stereocenters. The second-order valence-electron chi connectivity index (χ2n) is 10.2. The summed E-state index contributed by atoms with van der Waals surface area (Å²) in [6.07, 6.45) is 8.97. The van der Waals surface area contributed by atoms with E-state index >= 15 is 0 Å². The van der Waals surface area contributed by atoms with Crippen LogP contribution in [0, 0.1) is 40.9 Å². The Morgan fingerprint density at radius 1 is 1.07 bits per heavy atom. The van der Waals surface area contributed by atoms with E-state index in [0.29, 0.717) is 43.1 Å². The zero-order valence-electron chi connectivity index (χ0n) is 18.7. The summed E-state index contributed by atoms with van der Waals surface area (Å²) in [6, 6.07) is 0. The van der Waals surface area contributed by atoms with Crippen LogP contribution in [0.25, 0.3) is 0 Å². The van der Waals surface area contributed by atoms with Crippen molar-refractivity contribution in [2.75, 3.05) is 6.61 Å². The minimum atomic E-state index is -0.846. The summed E-state index contributed by atoms with van der Waals surface area (Å²) in [5, 5.41) is 9.46. The molecule has 2 saturated carbocycles. The number of unbranched alkanes of at least 4 members (excludes halogenated alkanes) is 1. The van der Waals surface area contributed by atoms with Crippen LogP contribution in [0.1, 0.15) is 92.4 Å². The minimum absolute atomic E-state index is 0.243. The van der Waals surface area contributed by atoms with Gasteiger partial charge in [-0.1, -0.05) is 60.3 Å². The Morgan fingerprint density at radius 2 is 1.71 bits per heavy atom. The molecule has 162 valence electrons. The molecule has 0 aromatic heterocycles. The van der Waals surface area contributed by atoms with Crippen molar-refractivity contribution in [1.29, 1.82) is 0 Å². The summed E-state index contributed by atoms with van der Waals surface area (Å²) in [7, 11) is 0. The molecule has 0 aromatic carbocycles. The van der Waals surface area contributed by atoms with Gasteiger partial charge in [0.25, 0.3) is 0 Å². The molecule has 0 heterocycles. The van der Waals surface area contributed by atoms with Gasteiger partial charge < -0.3 is 9.84 Å². The molecule has 1 N–H and O–H groups in total. The summed E-state index contributed by atoms with van der Waals surface area (Å²) < 4.78 is 5.80. The first kappa shape index (κ1) is 23.2. The van der Waals surface area contributed by atoms with Gasteiger partial charge in [-0.05, 0) is 61.2 Å². The molecule has 0 spiro atoms. The Hall–Kier alpha value is -1.06. The van der Waals surface area contributed by atoms with E-state index in [9.17, 15) is 14.7 Å². The van der Waals surface area contributed by atoms with Crippen LogP contribution in [0.4, 0.5) is 0 Å². The average Bonchev–Trinajstić information content (AvgIpc) is 2.64. The van der Waals surface area contributed by atoms with Gasteiger partial charge in [-0.25, -0.2) is 0 Å². The van der Waals surface area contributed by atoms with Crippen LogP contribution in [0.15, 0.2) is 0 Å².